The molecule has 2 aromatic rings. The Bertz CT molecular complexity index is 980. The fourth-order valence-electron chi connectivity index (χ4n) is 3.13. The van der Waals surface area contributed by atoms with Crippen molar-refractivity contribution in [3.05, 3.63) is 51.5 Å². The van der Waals surface area contributed by atoms with E-state index in [0.29, 0.717) is 10.7 Å². The highest BCUT2D eigenvalue weighted by molar-refractivity contribution is 6.31. The molecule has 1 aliphatic heterocycles. The Morgan fingerprint density at radius 2 is 1.93 bits per heavy atom. The van der Waals surface area contributed by atoms with Gasteiger partial charge in [0.1, 0.15) is 5.69 Å². The van der Waals surface area contributed by atoms with E-state index < -0.39 is 16.7 Å². The lowest BCUT2D eigenvalue weighted by molar-refractivity contribution is -0.384. The van der Waals surface area contributed by atoms with Gasteiger partial charge < -0.3 is 19.7 Å². The van der Waals surface area contributed by atoms with E-state index in [2.05, 4.69) is 5.32 Å². The topological polar surface area (TPSA) is 111 Å². The number of rotatable bonds is 6. The highest BCUT2D eigenvalue weighted by Crippen LogP contribution is 2.38. The molecule has 3 rings (SSSR count). The molecule has 0 unspecified atom stereocenters. The summed E-state index contributed by atoms with van der Waals surface area (Å²) in [5, 5.41) is 14.4. The monoisotopic (exact) mass is 419 g/mol. The van der Waals surface area contributed by atoms with Crippen molar-refractivity contribution in [2.24, 2.45) is 5.92 Å². The third-order valence-electron chi connectivity index (χ3n) is 4.57. The van der Waals surface area contributed by atoms with Crippen LogP contribution in [0.3, 0.4) is 0 Å². The predicted octanol–water partition coefficient (Wildman–Crippen LogP) is 3.26. The highest BCUT2D eigenvalue weighted by atomic mass is 35.5. The van der Waals surface area contributed by atoms with Gasteiger partial charge in [-0.25, -0.2) is 0 Å². The number of nitrogens with one attached hydrogen (secondary N) is 1. The quantitative estimate of drug-likeness (QED) is 0.568. The van der Waals surface area contributed by atoms with E-state index in [9.17, 15) is 19.7 Å². The van der Waals surface area contributed by atoms with Gasteiger partial charge in [-0.2, -0.15) is 0 Å². The molecular formula is C19H18ClN3O6. The van der Waals surface area contributed by atoms with Crippen molar-refractivity contribution >= 4 is 40.5 Å². The summed E-state index contributed by atoms with van der Waals surface area (Å²) in [6, 6.07) is 9.26. The number of amides is 2. The first-order valence-corrected chi connectivity index (χ1v) is 8.99. The number of nitro groups is 1. The van der Waals surface area contributed by atoms with Crippen molar-refractivity contribution in [1.82, 2.24) is 0 Å². The van der Waals surface area contributed by atoms with Gasteiger partial charge >= 0.3 is 0 Å². The first-order chi connectivity index (χ1) is 13.8. The molecule has 2 aromatic carbocycles. The highest BCUT2D eigenvalue weighted by Gasteiger charge is 2.36. The second kappa shape index (κ2) is 8.36. The summed E-state index contributed by atoms with van der Waals surface area (Å²) in [5.41, 5.74) is 0.216. The van der Waals surface area contributed by atoms with E-state index in [1.807, 2.05) is 0 Å². The molecule has 152 valence electrons. The Balaban J connectivity index is 1.82. The molecule has 0 spiro atoms. The Morgan fingerprint density at radius 3 is 2.55 bits per heavy atom. The zero-order chi connectivity index (χ0) is 21.1. The van der Waals surface area contributed by atoms with Crippen LogP contribution in [0.1, 0.15) is 6.42 Å². The van der Waals surface area contributed by atoms with Gasteiger partial charge in [0.25, 0.3) is 5.69 Å². The summed E-state index contributed by atoms with van der Waals surface area (Å²) in [6.45, 7) is 0.145. The number of halogens is 1. The lowest BCUT2D eigenvalue weighted by atomic mass is 10.1. The number of anilines is 2. The summed E-state index contributed by atoms with van der Waals surface area (Å²) in [7, 11) is 2.74. The molecular weight excluding hydrogens is 402 g/mol. The van der Waals surface area contributed by atoms with Crippen LogP contribution in [-0.4, -0.2) is 37.5 Å². The zero-order valence-corrected chi connectivity index (χ0v) is 16.4. The van der Waals surface area contributed by atoms with Gasteiger partial charge in [-0.1, -0.05) is 17.7 Å². The van der Waals surface area contributed by atoms with Crippen LogP contribution in [0.15, 0.2) is 36.4 Å². The number of carbonyl (C=O) groups excluding carboxylic acids is 2. The fourth-order valence-corrected chi connectivity index (χ4v) is 3.32. The van der Waals surface area contributed by atoms with Gasteiger partial charge in [-0.05, 0) is 18.2 Å². The molecule has 1 N–H and O–H groups in total. The molecule has 2 amide bonds. The Labute approximate surface area is 171 Å². The molecule has 0 aromatic heterocycles. The normalized spacial score (nSPS) is 15.9. The van der Waals surface area contributed by atoms with Crippen LogP contribution >= 0.6 is 11.6 Å². The summed E-state index contributed by atoms with van der Waals surface area (Å²) in [5.74, 6) is -1.00. The number of nitrogens with zero attached hydrogens (tertiary/aromatic N) is 2. The van der Waals surface area contributed by atoms with E-state index in [4.69, 9.17) is 21.1 Å². The summed E-state index contributed by atoms with van der Waals surface area (Å²) in [4.78, 5) is 37.3. The van der Waals surface area contributed by atoms with Crippen molar-refractivity contribution in [2.45, 2.75) is 6.42 Å². The first kappa shape index (κ1) is 20.4. The Kier molecular flexibility index (Phi) is 5.88. The second-order valence-corrected chi connectivity index (χ2v) is 6.79. The largest absolute Gasteiger partial charge is 0.493 e. The van der Waals surface area contributed by atoms with Gasteiger partial charge in [0, 0.05) is 29.7 Å². The molecule has 10 heteroatoms. The van der Waals surface area contributed by atoms with E-state index in [1.54, 1.807) is 24.3 Å². The first-order valence-electron chi connectivity index (χ1n) is 8.61. The number of hydrogen-bond donors (Lipinski definition) is 1. The van der Waals surface area contributed by atoms with Crippen molar-refractivity contribution in [3.63, 3.8) is 0 Å². The molecule has 9 nitrogen and oxygen atoms in total. The molecule has 0 bridgehead atoms. The van der Waals surface area contributed by atoms with E-state index >= 15 is 0 Å². The average Bonchev–Trinajstić information content (AvgIpc) is 3.09. The van der Waals surface area contributed by atoms with Crippen LogP contribution in [0.25, 0.3) is 0 Å². The van der Waals surface area contributed by atoms with Crippen LogP contribution in [0, 0.1) is 16.0 Å². The third kappa shape index (κ3) is 4.24. The zero-order valence-electron chi connectivity index (χ0n) is 15.7. The summed E-state index contributed by atoms with van der Waals surface area (Å²) >= 11 is 5.97. The standard InChI is InChI=1S/C19H18ClN3O6/c1-28-16-8-14(15(23(26)27)9-17(16)29-2)21-19(25)11-6-18(24)22(10-11)13-5-3-4-12(20)7-13/h3-5,7-9,11H,6,10H2,1-2H3,(H,21,25)/t11-/m1/s1. The van der Waals surface area contributed by atoms with Crippen molar-refractivity contribution in [3.8, 4) is 11.5 Å². The molecule has 0 radical (unpaired) electrons. The van der Waals surface area contributed by atoms with Crippen molar-refractivity contribution in [1.29, 1.82) is 0 Å². The van der Waals surface area contributed by atoms with Crippen LogP contribution in [0.5, 0.6) is 11.5 Å². The van der Waals surface area contributed by atoms with Crippen molar-refractivity contribution in [2.75, 3.05) is 31.0 Å². The smallest absolute Gasteiger partial charge is 0.296 e. The van der Waals surface area contributed by atoms with Crippen molar-refractivity contribution < 1.29 is 24.0 Å². The molecule has 0 saturated carbocycles. The molecule has 29 heavy (non-hydrogen) atoms. The third-order valence-corrected chi connectivity index (χ3v) is 4.81. The SMILES string of the molecule is COc1cc(NC(=O)[C@@H]2CC(=O)N(c3cccc(Cl)c3)C2)c([N+](=O)[O-])cc1OC. The molecule has 1 heterocycles. The van der Waals surface area contributed by atoms with Crippen LogP contribution < -0.4 is 19.7 Å². The number of methoxy groups -OCH3 is 2. The van der Waals surface area contributed by atoms with E-state index in [1.165, 1.54) is 31.3 Å². The average molecular weight is 420 g/mol. The lowest BCUT2D eigenvalue weighted by Crippen LogP contribution is -2.28. The minimum atomic E-state index is -0.672. The maximum absolute atomic E-state index is 12.7. The number of benzene rings is 2. The minimum Gasteiger partial charge on any atom is -0.493 e. The molecule has 1 atom stereocenters. The number of carbonyl (C=O) groups is 2. The summed E-state index contributed by atoms with van der Waals surface area (Å²) in [6.07, 6.45) is -0.0145. The van der Waals surface area contributed by atoms with Crippen LogP contribution in [0.4, 0.5) is 17.1 Å². The number of hydrogen-bond acceptors (Lipinski definition) is 6. The maximum atomic E-state index is 12.7. The lowest BCUT2D eigenvalue weighted by Gasteiger charge is -2.17. The van der Waals surface area contributed by atoms with E-state index in [-0.39, 0.29) is 41.7 Å². The number of nitro benzene ring substituents is 1. The maximum Gasteiger partial charge on any atom is 0.296 e. The molecule has 1 saturated heterocycles. The predicted molar refractivity (Wildman–Crippen MR) is 107 cm³/mol. The Morgan fingerprint density at radius 1 is 1.24 bits per heavy atom. The van der Waals surface area contributed by atoms with Gasteiger partial charge in [-0.3, -0.25) is 19.7 Å². The minimum absolute atomic E-state index is 0.0145. The molecule has 0 aliphatic carbocycles. The van der Waals surface area contributed by atoms with Gasteiger partial charge in [0.15, 0.2) is 11.5 Å². The van der Waals surface area contributed by atoms with Crippen LogP contribution in [0.2, 0.25) is 5.02 Å². The number of ether oxygens (including phenoxy) is 2. The molecule has 1 fully saturated rings. The van der Waals surface area contributed by atoms with Gasteiger partial charge in [-0.15, -0.1) is 0 Å². The van der Waals surface area contributed by atoms with Gasteiger partial charge in [0.05, 0.1) is 31.1 Å². The van der Waals surface area contributed by atoms with Gasteiger partial charge in [0.2, 0.25) is 11.8 Å². The van der Waals surface area contributed by atoms with E-state index in [0.717, 1.165) is 0 Å². The van der Waals surface area contributed by atoms with Crippen LogP contribution in [-0.2, 0) is 9.59 Å². The Hall–Kier alpha value is -3.33. The molecule has 1 aliphatic rings. The fraction of sp³-hybridized carbons (Fsp3) is 0.263. The second-order valence-electron chi connectivity index (χ2n) is 6.36. The summed E-state index contributed by atoms with van der Waals surface area (Å²) < 4.78 is 10.2.